The van der Waals surface area contributed by atoms with E-state index in [4.69, 9.17) is 0 Å². The number of benzene rings is 1. The normalized spacial score (nSPS) is 34.1. The first kappa shape index (κ1) is 13.1. The van der Waals surface area contributed by atoms with E-state index in [1.54, 1.807) is 17.0 Å². The number of rotatable bonds is 2. The highest BCUT2D eigenvalue weighted by Gasteiger charge is 2.55. The van der Waals surface area contributed by atoms with Crippen LogP contribution in [0, 0.1) is 23.7 Å². The topological polar surface area (TPSA) is 37.4 Å². The maximum Gasteiger partial charge on any atom is 0.261 e. The predicted octanol–water partition coefficient (Wildman–Crippen LogP) is 3.35. The molecule has 0 spiro atoms. The van der Waals surface area contributed by atoms with Crippen molar-refractivity contribution in [2.24, 2.45) is 23.7 Å². The van der Waals surface area contributed by atoms with Gasteiger partial charge in [-0.15, -0.1) is 0 Å². The summed E-state index contributed by atoms with van der Waals surface area (Å²) in [4.78, 5) is 27.1. The van der Waals surface area contributed by atoms with Crippen molar-refractivity contribution in [2.45, 2.75) is 39.2 Å². The smallest absolute Gasteiger partial charge is 0.261 e. The lowest BCUT2D eigenvalue weighted by atomic mass is 9.77. The van der Waals surface area contributed by atoms with Crippen LogP contribution in [0.3, 0.4) is 0 Å². The summed E-state index contributed by atoms with van der Waals surface area (Å²) in [6, 6.07) is 7.37. The third-order valence-corrected chi connectivity index (χ3v) is 5.83. The third kappa shape index (κ3) is 1.66. The summed E-state index contributed by atoms with van der Waals surface area (Å²) >= 11 is 0. The predicted molar refractivity (Wildman–Crippen MR) is 79.9 cm³/mol. The van der Waals surface area contributed by atoms with Crippen molar-refractivity contribution in [1.82, 2.24) is 4.90 Å². The third-order valence-electron chi connectivity index (χ3n) is 5.83. The van der Waals surface area contributed by atoms with Crippen LogP contribution in [0.25, 0.3) is 0 Å². The molecule has 4 atom stereocenters. The van der Waals surface area contributed by atoms with Crippen molar-refractivity contribution in [2.75, 3.05) is 0 Å². The zero-order chi connectivity index (χ0) is 14.7. The Bertz CT molecular complexity index is 586. The summed E-state index contributed by atoms with van der Waals surface area (Å²) < 4.78 is 0. The van der Waals surface area contributed by atoms with Crippen LogP contribution in [0.5, 0.6) is 0 Å². The van der Waals surface area contributed by atoms with E-state index in [-0.39, 0.29) is 17.9 Å². The minimum absolute atomic E-state index is 0.0706. The fourth-order valence-electron chi connectivity index (χ4n) is 5.11. The van der Waals surface area contributed by atoms with E-state index < -0.39 is 0 Å². The van der Waals surface area contributed by atoms with E-state index in [1.807, 2.05) is 12.1 Å². The number of amides is 2. The highest BCUT2D eigenvalue weighted by atomic mass is 16.2. The van der Waals surface area contributed by atoms with Gasteiger partial charge in [0.2, 0.25) is 0 Å². The Morgan fingerprint density at radius 1 is 1.00 bits per heavy atom. The van der Waals surface area contributed by atoms with Gasteiger partial charge in [-0.05, 0) is 55.1 Å². The van der Waals surface area contributed by atoms with Gasteiger partial charge in [-0.1, -0.05) is 26.0 Å². The Hall–Kier alpha value is -1.64. The van der Waals surface area contributed by atoms with Gasteiger partial charge < -0.3 is 0 Å². The Kier molecular flexibility index (Phi) is 2.75. The average molecular weight is 283 g/mol. The maximum atomic E-state index is 12.7. The highest BCUT2D eigenvalue weighted by Crippen LogP contribution is 2.54. The summed E-state index contributed by atoms with van der Waals surface area (Å²) in [5.41, 5.74) is 1.18. The van der Waals surface area contributed by atoms with E-state index >= 15 is 0 Å². The van der Waals surface area contributed by atoms with Gasteiger partial charge in [-0.3, -0.25) is 14.5 Å². The molecule has 21 heavy (non-hydrogen) atoms. The molecule has 3 heteroatoms. The van der Waals surface area contributed by atoms with Crippen molar-refractivity contribution in [3.8, 4) is 0 Å². The molecule has 2 saturated carbocycles. The molecule has 2 amide bonds. The SMILES string of the molecule is CC(C)[C@@H]1[C@H]2CC[C@H](C2)[C@H]1N1C(=O)c2ccccc2C1=O. The molecule has 3 nitrogen and oxygen atoms in total. The van der Waals surface area contributed by atoms with Crippen LogP contribution in [0.15, 0.2) is 24.3 Å². The van der Waals surface area contributed by atoms with Gasteiger partial charge in [-0.25, -0.2) is 0 Å². The molecule has 2 bridgehead atoms. The molecule has 0 N–H and O–H groups in total. The summed E-state index contributed by atoms with van der Waals surface area (Å²) in [6.07, 6.45) is 3.64. The van der Waals surface area contributed by atoms with Gasteiger partial charge in [0.1, 0.15) is 0 Å². The molecule has 110 valence electrons. The van der Waals surface area contributed by atoms with Gasteiger partial charge in [0.15, 0.2) is 0 Å². The van der Waals surface area contributed by atoms with Crippen molar-refractivity contribution in [3.63, 3.8) is 0 Å². The van der Waals surface area contributed by atoms with Crippen molar-refractivity contribution < 1.29 is 9.59 Å². The Morgan fingerprint density at radius 2 is 1.57 bits per heavy atom. The molecule has 1 aromatic carbocycles. The van der Waals surface area contributed by atoms with Crippen LogP contribution in [-0.4, -0.2) is 22.8 Å². The number of nitrogens with zero attached hydrogens (tertiary/aromatic N) is 1. The maximum absolute atomic E-state index is 12.7. The van der Waals surface area contributed by atoms with Crippen LogP contribution < -0.4 is 0 Å². The highest BCUT2D eigenvalue weighted by molar-refractivity contribution is 6.21. The number of hydrogen-bond donors (Lipinski definition) is 0. The van der Waals surface area contributed by atoms with Crippen LogP contribution in [-0.2, 0) is 0 Å². The summed E-state index contributed by atoms with van der Waals surface area (Å²) in [7, 11) is 0. The molecule has 1 aromatic rings. The number of imide groups is 1. The monoisotopic (exact) mass is 283 g/mol. The van der Waals surface area contributed by atoms with Gasteiger partial charge in [0.25, 0.3) is 11.8 Å². The van der Waals surface area contributed by atoms with E-state index in [1.165, 1.54) is 19.3 Å². The lowest BCUT2D eigenvalue weighted by Crippen LogP contribution is -2.48. The minimum atomic E-state index is -0.0706. The fourth-order valence-corrected chi connectivity index (χ4v) is 5.11. The van der Waals surface area contributed by atoms with Crippen molar-refractivity contribution in [1.29, 1.82) is 0 Å². The quantitative estimate of drug-likeness (QED) is 0.781. The molecule has 2 fully saturated rings. The van der Waals surface area contributed by atoms with Crippen molar-refractivity contribution >= 4 is 11.8 Å². The lowest BCUT2D eigenvalue weighted by Gasteiger charge is -2.38. The molecule has 0 aromatic heterocycles. The first-order valence-corrected chi connectivity index (χ1v) is 8.06. The number of fused-ring (bicyclic) bond motifs is 3. The van der Waals surface area contributed by atoms with E-state index in [9.17, 15) is 9.59 Å². The summed E-state index contributed by atoms with van der Waals surface area (Å²) in [6.45, 7) is 4.47. The molecule has 0 saturated heterocycles. The first-order chi connectivity index (χ1) is 10.1. The van der Waals surface area contributed by atoms with Crippen molar-refractivity contribution in [3.05, 3.63) is 35.4 Å². The molecule has 0 unspecified atom stereocenters. The molecular weight excluding hydrogens is 262 g/mol. The standard InChI is InChI=1S/C18H21NO2/c1-10(2)15-11-7-8-12(9-11)16(15)19-17(20)13-5-3-4-6-14(13)18(19)21/h3-6,10-12,15-16H,7-9H2,1-2H3/t11-,12+,15+,16+/m0/s1. The number of hydrogen-bond acceptors (Lipinski definition) is 2. The summed E-state index contributed by atoms with van der Waals surface area (Å²) in [5.74, 6) is 2.08. The van der Waals surface area contributed by atoms with Gasteiger partial charge in [0.05, 0.1) is 11.1 Å². The second-order valence-electron chi connectivity index (χ2n) is 7.17. The van der Waals surface area contributed by atoms with E-state index in [2.05, 4.69) is 13.8 Å². The molecule has 0 radical (unpaired) electrons. The van der Waals surface area contributed by atoms with Crippen LogP contribution >= 0.6 is 0 Å². The van der Waals surface area contributed by atoms with E-state index in [0.29, 0.717) is 34.8 Å². The Morgan fingerprint density at radius 3 is 2.14 bits per heavy atom. The van der Waals surface area contributed by atoms with E-state index in [0.717, 1.165) is 0 Å². The summed E-state index contributed by atoms with van der Waals surface area (Å²) in [5, 5.41) is 0. The van der Waals surface area contributed by atoms with Gasteiger partial charge in [0, 0.05) is 6.04 Å². The molecule has 1 aliphatic heterocycles. The van der Waals surface area contributed by atoms with Crippen LogP contribution in [0.1, 0.15) is 53.8 Å². The van der Waals surface area contributed by atoms with Gasteiger partial charge in [-0.2, -0.15) is 0 Å². The number of carbonyl (C=O) groups is 2. The number of carbonyl (C=O) groups excluding carboxylic acids is 2. The molecular formula is C18H21NO2. The first-order valence-electron chi connectivity index (χ1n) is 8.06. The fraction of sp³-hybridized carbons (Fsp3) is 0.556. The largest absolute Gasteiger partial charge is 0.271 e. The van der Waals surface area contributed by atoms with Crippen LogP contribution in [0.2, 0.25) is 0 Å². The Balaban J connectivity index is 1.74. The lowest BCUT2D eigenvalue weighted by molar-refractivity contribution is 0.0400. The Labute approximate surface area is 125 Å². The average Bonchev–Trinajstić information content (AvgIpc) is 3.13. The second kappa shape index (κ2) is 4.43. The zero-order valence-electron chi connectivity index (χ0n) is 12.6. The molecule has 2 aliphatic carbocycles. The zero-order valence-corrected chi connectivity index (χ0v) is 12.6. The molecule has 4 rings (SSSR count). The van der Waals surface area contributed by atoms with Crippen LogP contribution in [0.4, 0.5) is 0 Å². The second-order valence-corrected chi connectivity index (χ2v) is 7.17. The molecule has 1 heterocycles. The minimum Gasteiger partial charge on any atom is -0.271 e. The van der Waals surface area contributed by atoms with Gasteiger partial charge >= 0.3 is 0 Å². The molecule has 3 aliphatic rings.